The number of aliphatic imine (C=N–C) groups is 1. The second-order valence-electron chi connectivity index (χ2n) is 5.92. The van der Waals surface area contributed by atoms with Crippen molar-refractivity contribution in [2.75, 3.05) is 20.8 Å². The van der Waals surface area contributed by atoms with Gasteiger partial charge in [-0.25, -0.2) is 9.79 Å². The van der Waals surface area contributed by atoms with Crippen LogP contribution in [0.4, 0.5) is 8.78 Å². The number of cyclic esters (lactones) is 1. The van der Waals surface area contributed by atoms with Gasteiger partial charge in [-0.05, 0) is 31.2 Å². The zero-order valence-corrected chi connectivity index (χ0v) is 16.5. The SMILES string of the molecule is CCOc1cccc(/C=C2\N=C(c3cc(OC)cc(OC)c3)OC2=O)c1OC(F)F. The van der Waals surface area contributed by atoms with Crippen molar-refractivity contribution in [2.45, 2.75) is 13.5 Å². The Balaban J connectivity index is 2.02. The summed E-state index contributed by atoms with van der Waals surface area (Å²) in [6.45, 7) is -1.10. The lowest BCUT2D eigenvalue weighted by Gasteiger charge is -2.13. The van der Waals surface area contributed by atoms with Gasteiger partial charge >= 0.3 is 12.6 Å². The molecule has 2 aromatic rings. The summed E-state index contributed by atoms with van der Waals surface area (Å²) < 4.78 is 51.4. The van der Waals surface area contributed by atoms with Crippen LogP contribution < -0.4 is 18.9 Å². The Kier molecular flexibility index (Phi) is 6.51. The van der Waals surface area contributed by atoms with Gasteiger partial charge in [0.2, 0.25) is 5.90 Å². The van der Waals surface area contributed by atoms with E-state index in [4.69, 9.17) is 18.9 Å². The Morgan fingerprint density at radius 3 is 2.43 bits per heavy atom. The summed E-state index contributed by atoms with van der Waals surface area (Å²) in [6.07, 6.45) is 1.30. The minimum atomic E-state index is -3.07. The molecule has 1 aliphatic heterocycles. The predicted octanol–water partition coefficient (Wildman–Crippen LogP) is 4.05. The smallest absolute Gasteiger partial charge is 0.387 e. The number of nitrogens with zero attached hydrogens (tertiary/aromatic N) is 1. The first-order chi connectivity index (χ1) is 14.4. The highest BCUT2D eigenvalue weighted by molar-refractivity contribution is 6.13. The molecule has 0 atom stereocenters. The zero-order chi connectivity index (χ0) is 21.7. The first-order valence-electron chi connectivity index (χ1n) is 8.91. The fraction of sp³-hybridized carbons (Fsp3) is 0.238. The highest BCUT2D eigenvalue weighted by Gasteiger charge is 2.26. The molecule has 158 valence electrons. The van der Waals surface area contributed by atoms with Gasteiger partial charge in [0.1, 0.15) is 11.5 Å². The first-order valence-corrected chi connectivity index (χ1v) is 8.91. The summed E-state index contributed by atoms with van der Waals surface area (Å²) >= 11 is 0. The van der Waals surface area contributed by atoms with Gasteiger partial charge in [0.05, 0.1) is 20.8 Å². The topological polar surface area (TPSA) is 75.6 Å². The van der Waals surface area contributed by atoms with Crippen molar-refractivity contribution in [3.63, 3.8) is 0 Å². The molecule has 0 spiro atoms. The maximum absolute atomic E-state index is 12.9. The number of ether oxygens (including phenoxy) is 5. The second kappa shape index (κ2) is 9.25. The van der Waals surface area contributed by atoms with Crippen LogP contribution in [-0.4, -0.2) is 39.3 Å². The summed E-state index contributed by atoms with van der Waals surface area (Å²) in [5.41, 5.74) is 0.566. The third-order valence-electron chi connectivity index (χ3n) is 4.03. The zero-order valence-electron chi connectivity index (χ0n) is 16.5. The van der Waals surface area contributed by atoms with Crippen molar-refractivity contribution in [1.29, 1.82) is 0 Å². The first kappa shape index (κ1) is 21.1. The van der Waals surface area contributed by atoms with Gasteiger partial charge in [0.15, 0.2) is 17.2 Å². The average molecular weight is 419 g/mol. The average Bonchev–Trinajstić information content (AvgIpc) is 3.10. The number of carbonyl (C=O) groups excluding carboxylic acids is 1. The number of para-hydroxylation sites is 1. The predicted molar refractivity (Wildman–Crippen MR) is 104 cm³/mol. The van der Waals surface area contributed by atoms with Crippen molar-refractivity contribution in [2.24, 2.45) is 4.99 Å². The summed E-state index contributed by atoms with van der Waals surface area (Å²) in [6, 6.07) is 9.49. The third kappa shape index (κ3) is 4.68. The van der Waals surface area contributed by atoms with Crippen LogP contribution in [0.2, 0.25) is 0 Å². The number of halogens is 2. The molecule has 0 amide bonds. The maximum atomic E-state index is 12.9. The Bertz CT molecular complexity index is 981. The van der Waals surface area contributed by atoms with Crippen LogP contribution in [0.5, 0.6) is 23.0 Å². The number of hydrogen-bond acceptors (Lipinski definition) is 7. The fourth-order valence-electron chi connectivity index (χ4n) is 2.74. The molecule has 1 heterocycles. The van der Waals surface area contributed by atoms with E-state index in [2.05, 4.69) is 9.73 Å². The molecule has 0 fully saturated rings. The van der Waals surface area contributed by atoms with Crippen molar-refractivity contribution < 1.29 is 37.3 Å². The van der Waals surface area contributed by atoms with Crippen LogP contribution in [0.15, 0.2) is 47.1 Å². The molecule has 2 aromatic carbocycles. The molecule has 3 rings (SSSR count). The van der Waals surface area contributed by atoms with Crippen LogP contribution >= 0.6 is 0 Å². The van der Waals surface area contributed by atoms with Crippen LogP contribution in [0.25, 0.3) is 6.08 Å². The normalized spacial score (nSPS) is 14.5. The number of alkyl halides is 2. The third-order valence-corrected chi connectivity index (χ3v) is 4.03. The quantitative estimate of drug-likeness (QED) is 0.475. The van der Waals surface area contributed by atoms with Gasteiger partial charge in [-0.15, -0.1) is 0 Å². The molecule has 0 bridgehead atoms. The minimum absolute atomic E-state index is 0.0285. The number of benzene rings is 2. The summed E-state index contributed by atoms with van der Waals surface area (Å²) in [7, 11) is 2.98. The molecule has 0 saturated carbocycles. The van der Waals surface area contributed by atoms with Crippen LogP contribution in [0.3, 0.4) is 0 Å². The van der Waals surface area contributed by atoms with E-state index in [9.17, 15) is 13.6 Å². The summed E-state index contributed by atoms with van der Waals surface area (Å²) in [5, 5.41) is 0. The molecular formula is C21H19F2NO6. The van der Waals surface area contributed by atoms with E-state index in [1.54, 1.807) is 31.2 Å². The van der Waals surface area contributed by atoms with E-state index in [0.29, 0.717) is 17.1 Å². The van der Waals surface area contributed by atoms with Gasteiger partial charge in [-0.1, -0.05) is 12.1 Å². The monoisotopic (exact) mass is 419 g/mol. The maximum Gasteiger partial charge on any atom is 0.387 e. The van der Waals surface area contributed by atoms with Crippen molar-refractivity contribution >= 4 is 17.9 Å². The molecule has 30 heavy (non-hydrogen) atoms. The number of esters is 1. The van der Waals surface area contributed by atoms with E-state index < -0.39 is 12.6 Å². The summed E-state index contributed by atoms with van der Waals surface area (Å²) in [4.78, 5) is 16.5. The van der Waals surface area contributed by atoms with Gasteiger partial charge in [-0.2, -0.15) is 8.78 Å². The van der Waals surface area contributed by atoms with Crippen molar-refractivity contribution in [1.82, 2.24) is 0 Å². The Labute approximate surface area is 171 Å². The number of rotatable bonds is 8. The molecule has 7 nitrogen and oxygen atoms in total. The Hall–Kier alpha value is -3.62. The lowest BCUT2D eigenvalue weighted by atomic mass is 10.1. The standard InChI is InChI=1S/C21H19F2NO6/c1-4-28-17-7-5-6-12(18(17)29-21(22)23)10-16-20(25)30-19(24-16)13-8-14(26-2)11-15(9-13)27-3/h5-11,21H,4H2,1-3H3/b16-10-. The Morgan fingerprint density at radius 2 is 1.83 bits per heavy atom. The van der Waals surface area contributed by atoms with E-state index >= 15 is 0 Å². The molecular weight excluding hydrogens is 400 g/mol. The van der Waals surface area contributed by atoms with Crippen LogP contribution in [-0.2, 0) is 9.53 Å². The molecule has 0 unspecified atom stereocenters. The Morgan fingerprint density at radius 1 is 1.13 bits per heavy atom. The second-order valence-corrected chi connectivity index (χ2v) is 5.92. The lowest BCUT2D eigenvalue weighted by Crippen LogP contribution is -2.07. The van der Waals surface area contributed by atoms with Crippen LogP contribution in [0, 0.1) is 0 Å². The number of hydrogen-bond donors (Lipinski definition) is 0. The van der Waals surface area contributed by atoms with E-state index in [1.807, 2.05) is 0 Å². The molecule has 9 heteroatoms. The van der Waals surface area contributed by atoms with Crippen molar-refractivity contribution in [3.05, 3.63) is 53.2 Å². The number of carbonyl (C=O) groups is 1. The van der Waals surface area contributed by atoms with E-state index in [0.717, 1.165) is 0 Å². The van der Waals surface area contributed by atoms with E-state index in [1.165, 1.54) is 32.4 Å². The summed E-state index contributed by atoms with van der Waals surface area (Å²) in [5.74, 6) is 0.189. The van der Waals surface area contributed by atoms with Crippen LogP contribution in [0.1, 0.15) is 18.1 Å². The largest absolute Gasteiger partial charge is 0.497 e. The van der Waals surface area contributed by atoms with Gasteiger partial charge in [0.25, 0.3) is 0 Å². The molecule has 0 saturated heterocycles. The highest BCUT2D eigenvalue weighted by atomic mass is 19.3. The molecule has 0 aromatic heterocycles. The fourth-order valence-corrected chi connectivity index (χ4v) is 2.74. The molecule has 0 aliphatic carbocycles. The van der Waals surface area contributed by atoms with Gasteiger partial charge < -0.3 is 23.7 Å². The highest BCUT2D eigenvalue weighted by Crippen LogP contribution is 2.35. The molecule has 1 aliphatic rings. The number of methoxy groups -OCH3 is 2. The molecule has 0 radical (unpaired) electrons. The van der Waals surface area contributed by atoms with Crippen molar-refractivity contribution in [3.8, 4) is 23.0 Å². The molecule has 0 N–H and O–H groups in total. The van der Waals surface area contributed by atoms with E-state index in [-0.39, 0.29) is 35.3 Å². The minimum Gasteiger partial charge on any atom is -0.497 e. The van der Waals surface area contributed by atoms with Gasteiger partial charge in [0, 0.05) is 17.2 Å². The lowest BCUT2D eigenvalue weighted by molar-refractivity contribution is -0.129. The van der Waals surface area contributed by atoms with Gasteiger partial charge in [-0.3, -0.25) is 0 Å².